The molecule has 0 aromatic carbocycles. The van der Waals surface area contributed by atoms with Gasteiger partial charge >= 0.3 is 0 Å². The van der Waals surface area contributed by atoms with E-state index in [0.29, 0.717) is 0 Å². The summed E-state index contributed by atoms with van der Waals surface area (Å²) in [5.41, 5.74) is 0. The Kier molecular flexibility index (Phi) is 121. The predicted octanol–water partition coefficient (Wildman–Crippen LogP) is 34.0. The van der Waals surface area contributed by atoms with Crippen molar-refractivity contribution in [1.29, 1.82) is 0 Å². The minimum Gasteiger partial charge on any atom is -0.854 e. The van der Waals surface area contributed by atoms with Crippen molar-refractivity contribution in [3.8, 4) is 0 Å². The van der Waals surface area contributed by atoms with E-state index in [-0.39, 0.29) is 37.2 Å². The highest BCUT2D eigenvalue weighted by molar-refractivity contribution is 5.75. The lowest BCUT2D eigenvalue weighted by Crippen LogP contribution is -2.04. The maximum Gasteiger partial charge on any atom is 0 e. The van der Waals surface area contributed by atoms with Crippen LogP contribution < -0.4 is 15.3 Å². The zero-order valence-corrected chi connectivity index (χ0v) is 73.8. The molecule has 0 aromatic heterocycles. The molecule has 0 bridgehead atoms. The van der Waals surface area contributed by atoms with Crippen LogP contribution in [0, 0.1) is 0 Å². The van der Waals surface area contributed by atoms with Crippen LogP contribution in [-0.4, -0.2) is 37.2 Å². The van der Waals surface area contributed by atoms with Crippen LogP contribution in [-0.2, 0) is 0 Å². The Balaban J connectivity index is -0.000000710. The third-order valence-corrected chi connectivity index (χ3v) is 23.2. The van der Waals surface area contributed by atoms with Gasteiger partial charge in [0.1, 0.15) is 0 Å². The number of unbranched alkanes of at least 4 members (excludes halogenated alkanes) is 90. The van der Waals surface area contributed by atoms with E-state index in [1.165, 1.54) is 559 Å². The molecule has 3 radical (unpaired) electrons. The largest absolute Gasteiger partial charge is 0.854 e. The highest BCUT2D eigenvalue weighted by Gasteiger charge is 2.03. The van der Waals surface area contributed by atoms with Gasteiger partial charge in [0.25, 0.3) is 0 Å². The van der Waals surface area contributed by atoms with Gasteiger partial charge in [0.05, 0.1) is 0 Å². The molecule has 0 aliphatic rings. The maximum absolute atomic E-state index is 10.4. The first-order valence-corrected chi connectivity index (χ1v) is 49.5. The van der Waals surface area contributed by atoms with E-state index in [0.717, 1.165) is 38.5 Å². The summed E-state index contributed by atoms with van der Waals surface area (Å²) >= 11 is 0. The molecule has 0 aliphatic heterocycles. The maximum atomic E-state index is 10.4. The fourth-order valence-electron chi connectivity index (χ4n) is 15.9. The summed E-state index contributed by atoms with van der Waals surface area (Å²) in [5, 5.41) is 31.2. The van der Waals surface area contributed by atoms with Crippen LogP contribution in [0.25, 0.3) is 0 Å². The molecule has 0 heterocycles. The topological polar surface area (TPSA) is 69.2 Å². The Morgan fingerprint density at radius 3 is 0.184 bits per heavy atom. The van der Waals surface area contributed by atoms with Gasteiger partial charge in [0.15, 0.2) is 0 Å². The van der Waals surface area contributed by atoms with Crippen molar-refractivity contribution in [3.63, 3.8) is 0 Å². The van der Waals surface area contributed by atoms with Gasteiger partial charge in [-0.2, -0.15) is 0 Å². The molecule has 0 amide bonds. The summed E-state index contributed by atoms with van der Waals surface area (Å²) in [4.78, 5) is 0. The van der Waals surface area contributed by atoms with Crippen LogP contribution in [0.5, 0.6) is 0 Å². The Bertz CT molecular complexity index is 1040. The van der Waals surface area contributed by atoms with Crippen LogP contribution in [0.4, 0.5) is 0 Å². The molecule has 0 saturated carbocycles. The van der Waals surface area contributed by atoms with Gasteiger partial charge in [-0.15, -0.1) is 19.8 Å². The van der Waals surface area contributed by atoms with Crippen LogP contribution in [0.15, 0.2) is 0 Å². The third kappa shape index (κ3) is 118. The minimum absolute atomic E-state index is 0. The van der Waals surface area contributed by atoms with Crippen molar-refractivity contribution in [2.45, 2.75) is 618 Å². The van der Waals surface area contributed by atoms with Crippen LogP contribution >= 0.6 is 0 Å². The lowest BCUT2D eigenvalue weighted by Gasteiger charge is -2.05. The first kappa shape index (κ1) is 110. The zero-order chi connectivity index (χ0) is 73.9. The third-order valence-electron chi connectivity index (χ3n) is 23.2. The van der Waals surface area contributed by atoms with Gasteiger partial charge in [0.2, 0.25) is 0 Å². The normalized spacial score (nSPS) is 11.4. The number of rotatable bonds is 93. The van der Waals surface area contributed by atoms with Crippen LogP contribution in [0.3, 0.4) is 0 Å². The molecule has 0 aliphatic carbocycles. The molecule has 0 unspecified atom stereocenters. The molecule has 4 heteroatoms. The molecule has 0 saturated heterocycles. The summed E-state index contributed by atoms with van der Waals surface area (Å²) in [7, 11) is 0. The molecule has 621 valence electrons. The van der Waals surface area contributed by atoms with E-state index >= 15 is 0 Å². The first-order valence-electron chi connectivity index (χ1n) is 49.5. The molecule has 0 atom stereocenters. The highest BCUT2D eigenvalue weighted by Crippen LogP contribution is 2.22. The SMILES string of the molecule is CCCCCCCCCCCCCCCCCCCCCCCCCCCCCCCCC[O-].CCCCCCCCCCCCCCCCCCCCCCCCCCCCCCCCC[O-].CCCCCCCCCCCCCCCCCCCCCCCCCCCCCCCCC[O-].[Al]. The van der Waals surface area contributed by atoms with Gasteiger partial charge < -0.3 is 15.3 Å². The van der Waals surface area contributed by atoms with Crippen LogP contribution in [0.2, 0.25) is 0 Å². The molecular formula is C99H201AlO3-3. The summed E-state index contributed by atoms with van der Waals surface area (Å²) in [6.07, 6.45) is 133. The summed E-state index contributed by atoms with van der Waals surface area (Å²) in [5.74, 6) is 0. The molecule has 0 rings (SSSR count). The van der Waals surface area contributed by atoms with E-state index in [9.17, 15) is 15.3 Å². The van der Waals surface area contributed by atoms with Crippen molar-refractivity contribution in [2.24, 2.45) is 0 Å². The lowest BCUT2D eigenvalue weighted by atomic mass is 10.0. The van der Waals surface area contributed by atoms with Crippen LogP contribution in [0.1, 0.15) is 618 Å². The number of hydrogen-bond donors (Lipinski definition) is 0. The molecule has 0 fully saturated rings. The average molecular weight is 1470 g/mol. The van der Waals surface area contributed by atoms with E-state index in [1.54, 1.807) is 0 Å². The van der Waals surface area contributed by atoms with E-state index in [2.05, 4.69) is 20.8 Å². The monoisotopic (exact) mass is 1470 g/mol. The quantitative estimate of drug-likeness (QED) is 0.0450. The van der Waals surface area contributed by atoms with Crippen molar-refractivity contribution < 1.29 is 15.3 Å². The molecular weight excluding hydrogens is 1260 g/mol. The summed E-state index contributed by atoms with van der Waals surface area (Å²) < 4.78 is 0. The van der Waals surface area contributed by atoms with E-state index < -0.39 is 0 Å². The second-order valence-electron chi connectivity index (χ2n) is 33.9. The Morgan fingerprint density at radius 1 is 0.0874 bits per heavy atom. The molecule has 103 heavy (non-hydrogen) atoms. The van der Waals surface area contributed by atoms with Crippen molar-refractivity contribution in [2.75, 3.05) is 19.8 Å². The van der Waals surface area contributed by atoms with Crippen molar-refractivity contribution in [1.82, 2.24) is 0 Å². The predicted molar refractivity (Wildman–Crippen MR) is 467 cm³/mol. The zero-order valence-electron chi connectivity index (χ0n) is 72.7. The fourth-order valence-corrected chi connectivity index (χ4v) is 15.9. The average Bonchev–Trinajstić information content (AvgIpc) is 3.65. The smallest absolute Gasteiger partial charge is 0 e. The minimum atomic E-state index is 0. The Morgan fingerprint density at radius 2 is 0.136 bits per heavy atom. The van der Waals surface area contributed by atoms with Gasteiger partial charge in [0, 0.05) is 17.4 Å². The van der Waals surface area contributed by atoms with Gasteiger partial charge in [-0.05, 0) is 0 Å². The second kappa shape index (κ2) is 113. The number of hydrogen-bond acceptors (Lipinski definition) is 3. The summed E-state index contributed by atoms with van der Waals surface area (Å²) in [6.45, 7) is 7.28. The van der Waals surface area contributed by atoms with Gasteiger partial charge in [-0.3, -0.25) is 0 Å². The fraction of sp³-hybridized carbons (Fsp3) is 1.00. The van der Waals surface area contributed by atoms with Crippen molar-refractivity contribution >= 4 is 17.4 Å². The molecule has 0 spiro atoms. The van der Waals surface area contributed by atoms with Gasteiger partial charge in [-0.1, -0.05) is 618 Å². The molecule has 0 N–H and O–H groups in total. The Labute approximate surface area is 666 Å². The van der Waals surface area contributed by atoms with Gasteiger partial charge in [-0.25, -0.2) is 0 Å². The summed E-state index contributed by atoms with van der Waals surface area (Å²) in [6, 6.07) is 0. The highest BCUT2D eigenvalue weighted by atomic mass is 27.0. The van der Waals surface area contributed by atoms with E-state index in [1.807, 2.05) is 0 Å². The van der Waals surface area contributed by atoms with E-state index in [4.69, 9.17) is 0 Å². The Hall–Kier alpha value is 0.412. The molecule has 3 nitrogen and oxygen atoms in total. The first-order chi connectivity index (χ1) is 50.7. The standard InChI is InChI=1S/3C33H67O.Al/c3*1-2-3-4-5-6-7-8-9-10-11-12-13-14-15-16-17-18-19-20-21-22-23-24-25-26-27-28-29-30-31-32-33-34;/h3*2-33H2,1H3;/q3*-1;. The lowest BCUT2D eigenvalue weighted by molar-refractivity contribution is -0.368. The molecule has 0 aromatic rings. The van der Waals surface area contributed by atoms with Crippen molar-refractivity contribution in [3.05, 3.63) is 0 Å². The second-order valence-corrected chi connectivity index (χ2v) is 33.9.